The Balaban J connectivity index is 1.82. The molecule has 3 fully saturated rings. The molecule has 4 aliphatic rings. The van der Waals surface area contributed by atoms with Gasteiger partial charge in [-0.2, -0.15) is 0 Å². The molecule has 0 amide bonds. The lowest BCUT2D eigenvalue weighted by Gasteiger charge is -2.34. The smallest absolute Gasteiger partial charge is 0.341 e. The first-order valence-electron chi connectivity index (χ1n) is 10.8. The van der Waals surface area contributed by atoms with E-state index in [9.17, 15) is 19.2 Å². The largest absolute Gasteiger partial charge is 0.466 e. The Hall–Kier alpha value is -2.72. The fraction of sp³-hybridized carbons (Fsp3) is 0.652. The van der Waals surface area contributed by atoms with E-state index in [1.807, 2.05) is 6.92 Å². The van der Waals surface area contributed by atoms with E-state index in [-0.39, 0.29) is 17.3 Å². The Labute approximate surface area is 191 Å². The Bertz CT molecular complexity index is 953. The second-order valence-electron chi connectivity index (χ2n) is 9.23. The van der Waals surface area contributed by atoms with Crippen LogP contribution in [-0.2, 0) is 47.6 Å². The maximum Gasteiger partial charge on any atom is 0.341 e. The Morgan fingerprint density at radius 1 is 1.18 bits per heavy atom. The van der Waals surface area contributed by atoms with Crippen LogP contribution >= 0.6 is 0 Å². The van der Waals surface area contributed by atoms with Crippen LogP contribution in [0.25, 0.3) is 0 Å². The molecule has 10 heteroatoms. The molecule has 0 aromatic heterocycles. The molecule has 0 saturated carbocycles. The average Bonchev–Trinajstić information content (AvgIpc) is 3.57. The van der Waals surface area contributed by atoms with Crippen molar-refractivity contribution in [3.8, 4) is 0 Å². The Morgan fingerprint density at radius 2 is 1.85 bits per heavy atom. The summed E-state index contributed by atoms with van der Waals surface area (Å²) in [5.41, 5.74) is -1.77. The standard InChI is InChI=1S/C23H28O10/c1-10-14-16(31-21(27)23(5)11(2)32-23)15(29-12(3)24)13(20(26)28-6)8-7-9-22(4)18(33-22)17(14)30-19(10)25/h8,11,14-18H,1,7,9H2,2-6H3/b13-8+/t11-,14-,15+,16+,17-,18+,22+,23-/m0/s1. The van der Waals surface area contributed by atoms with Crippen LogP contribution in [0.4, 0.5) is 0 Å². The molecule has 0 bridgehead atoms. The first-order valence-corrected chi connectivity index (χ1v) is 10.8. The number of epoxide rings is 2. The van der Waals surface area contributed by atoms with Gasteiger partial charge < -0.3 is 28.4 Å². The molecule has 4 rings (SSSR count). The molecular weight excluding hydrogens is 436 g/mol. The molecule has 10 nitrogen and oxygen atoms in total. The summed E-state index contributed by atoms with van der Waals surface area (Å²) < 4.78 is 33.2. The van der Waals surface area contributed by atoms with Gasteiger partial charge in [0.1, 0.15) is 12.2 Å². The SMILES string of the molecule is C=C1C(=O)O[C@H]2[C@@H]1[C@@H](OC(=O)[C@@]1(C)O[C@H]1C)[C@H](OC(C)=O)/C(C(=O)OC)=C\CC[C@@]1(C)O[C@H]21. The van der Waals surface area contributed by atoms with E-state index in [0.717, 1.165) is 0 Å². The summed E-state index contributed by atoms with van der Waals surface area (Å²) in [6.07, 6.45) is -1.87. The number of esters is 4. The highest BCUT2D eigenvalue weighted by Gasteiger charge is 2.66. The lowest BCUT2D eigenvalue weighted by molar-refractivity contribution is -0.175. The van der Waals surface area contributed by atoms with E-state index in [1.165, 1.54) is 14.0 Å². The highest BCUT2D eigenvalue weighted by atomic mass is 16.7. The molecule has 0 aromatic rings. The fourth-order valence-electron chi connectivity index (χ4n) is 4.66. The second kappa shape index (κ2) is 7.95. The molecule has 1 aliphatic carbocycles. The molecule has 0 unspecified atom stereocenters. The van der Waals surface area contributed by atoms with Crippen LogP contribution in [0.5, 0.6) is 0 Å². The van der Waals surface area contributed by atoms with Gasteiger partial charge in [-0.1, -0.05) is 12.7 Å². The van der Waals surface area contributed by atoms with Crippen molar-refractivity contribution in [2.45, 2.75) is 82.3 Å². The molecule has 0 N–H and O–H groups in total. The molecule has 0 radical (unpaired) electrons. The zero-order chi connectivity index (χ0) is 24.3. The first-order chi connectivity index (χ1) is 15.4. The second-order valence-corrected chi connectivity index (χ2v) is 9.23. The molecular formula is C23H28O10. The van der Waals surface area contributed by atoms with Gasteiger partial charge in [-0.05, 0) is 33.6 Å². The van der Waals surface area contributed by atoms with Crippen molar-refractivity contribution in [3.63, 3.8) is 0 Å². The number of rotatable bonds is 4. The maximum atomic E-state index is 13.1. The quantitative estimate of drug-likeness (QED) is 0.258. The van der Waals surface area contributed by atoms with Crippen molar-refractivity contribution in [1.82, 2.24) is 0 Å². The fourth-order valence-corrected chi connectivity index (χ4v) is 4.66. The summed E-state index contributed by atoms with van der Waals surface area (Å²) in [7, 11) is 1.19. The number of carbonyl (C=O) groups is 4. The number of hydrogen-bond donors (Lipinski definition) is 0. The molecule has 8 atom stereocenters. The molecule has 180 valence electrons. The van der Waals surface area contributed by atoms with Crippen LogP contribution in [0.2, 0.25) is 0 Å². The normalized spacial score (nSPS) is 43.1. The Kier molecular flexibility index (Phi) is 5.65. The van der Waals surface area contributed by atoms with Gasteiger partial charge in [-0.15, -0.1) is 0 Å². The third kappa shape index (κ3) is 3.95. The summed E-state index contributed by atoms with van der Waals surface area (Å²) in [6, 6.07) is 0. The van der Waals surface area contributed by atoms with Crippen LogP contribution in [0.15, 0.2) is 23.8 Å². The number of carbonyl (C=O) groups excluding carboxylic acids is 4. The van der Waals surface area contributed by atoms with E-state index < -0.39 is 65.4 Å². The van der Waals surface area contributed by atoms with E-state index >= 15 is 0 Å². The summed E-state index contributed by atoms with van der Waals surface area (Å²) in [5.74, 6) is -3.79. The molecule has 0 spiro atoms. The number of methoxy groups -OCH3 is 1. The van der Waals surface area contributed by atoms with E-state index in [1.54, 1.807) is 19.9 Å². The third-order valence-corrected chi connectivity index (χ3v) is 6.97. The Morgan fingerprint density at radius 3 is 2.42 bits per heavy atom. The predicted octanol–water partition coefficient (Wildman–Crippen LogP) is 1.16. The lowest BCUT2D eigenvalue weighted by Crippen LogP contribution is -2.49. The minimum absolute atomic E-state index is 0.00554. The number of ether oxygens (including phenoxy) is 6. The number of fused-ring (bicyclic) bond motifs is 3. The zero-order valence-electron chi connectivity index (χ0n) is 19.2. The first kappa shape index (κ1) is 23.4. The lowest BCUT2D eigenvalue weighted by atomic mass is 9.80. The number of allylic oxidation sites excluding steroid dienone is 1. The van der Waals surface area contributed by atoms with E-state index in [0.29, 0.717) is 12.8 Å². The summed E-state index contributed by atoms with van der Waals surface area (Å²) in [5, 5.41) is 0. The van der Waals surface area contributed by atoms with Crippen LogP contribution < -0.4 is 0 Å². The average molecular weight is 464 g/mol. The van der Waals surface area contributed by atoms with Crippen molar-refractivity contribution in [2.75, 3.05) is 7.11 Å². The van der Waals surface area contributed by atoms with Gasteiger partial charge in [0.25, 0.3) is 0 Å². The van der Waals surface area contributed by atoms with Gasteiger partial charge in [0.2, 0.25) is 0 Å². The predicted molar refractivity (Wildman–Crippen MR) is 110 cm³/mol. The third-order valence-electron chi connectivity index (χ3n) is 6.97. The van der Waals surface area contributed by atoms with Gasteiger partial charge in [0.15, 0.2) is 17.8 Å². The van der Waals surface area contributed by atoms with Crippen LogP contribution in [0.3, 0.4) is 0 Å². The summed E-state index contributed by atoms with van der Waals surface area (Å²) in [4.78, 5) is 50.4. The van der Waals surface area contributed by atoms with Gasteiger partial charge >= 0.3 is 23.9 Å². The molecule has 3 saturated heterocycles. The minimum atomic E-state index is -1.36. The van der Waals surface area contributed by atoms with Crippen molar-refractivity contribution in [3.05, 3.63) is 23.8 Å². The van der Waals surface area contributed by atoms with E-state index in [4.69, 9.17) is 28.4 Å². The highest BCUT2D eigenvalue weighted by Crippen LogP contribution is 2.51. The van der Waals surface area contributed by atoms with Crippen molar-refractivity contribution >= 4 is 23.9 Å². The van der Waals surface area contributed by atoms with Crippen LogP contribution in [0, 0.1) is 5.92 Å². The van der Waals surface area contributed by atoms with Crippen molar-refractivity contribution < 1.29 is 47.6 Å². The van der Waals surface area contributed by atoms with Crippen molar-refractivity contribution in [2.24, 2.45) is 5.92 Å². The molecule has 0 aromatic carbocycles. The number of hydrogen-bond acceptors (Lipinski definition) is 10. The van der Waals surface area contributed by atoms with Gasteiger partial charge in [-0.25, -0.2) is 14.4 Å². The van der Waals surface area contributed by atoms with E-state index in [2.05, 4.69) is 6.58 Å². The van der Waals surface area contributed by atoms with Gasteiger partial charge in [-0.3, -0.25) is 4.79 Å². The van der Waals surface area contributed by atoms with Crippen molar-refractivity contribution in [1.29, 1.82) is 0 Å². The minimum Gasteiger partial charge on any atom is -0.466 e. The monoisotopic (exact) mass is 464 g/mol. The highest BCUT2D eigenvalue weighted by molar-refractivity contribution is 5.93. The zero-order valence-corrected chi connectivity index (χ0v) is 19.2. The van der Waals surface area contributed by atoms with Gasteiger partial charge in [0, 0.05) is 12.5 Å². The topological polar surface area (TPSA) is 130 Å². The van der Waals surface area contributed by atoms with Crippen LogP contribution in [0.1, 0.15) is 40.5 Å². The van der Waals surface area contributed by atoms with Gasteiger partial charge in [0.05, 0.1) is 30.3 Å². The summed E-state index contributed by atoms with van der Waals surface area (Å²) >= 11 is 0. The maximum absolute atomic E-state index is 13.1. The molecule has 3 heterocycles. The molecule has 33 heavy (non-hydrogen) atoms. The summed E-state index contributed by atoms with van der Waals surface area (Å²) in [6.45, 7) is 10.2. The molecule has 3 aliphatic heterocycles. The van der Waals surface area contributed by atoms with Crippen LogP contribution in [-0.4, -0.2) is 72.7 Å².